The molecule has 0 spiro atoms. The molecule has 2 N–H and O–H groups in total. The molecule has 44 heavy (non-hydrogen) atoms. The summed E-state index contributed by atoms with van der Waals surface area (Å²) < 4.78 is 30.3. The van der Waals surface area contributed by atoms with Crippen LogP contribution in [0.25, 0.3) is 0 Å². The molecule has 1 aromatic rings. The van der Waals surface area contributed by atoms with E-state index in [4.69, 9.17) is 0 Å². The van der Waals surface area contributed by atoms with Crippen LogP contribution < -0.4 is 0 Å². The van der Waals surface area contributed by atoms with Crippen LogP contribution in [0.15, 0.2) is 29.2 Å². The SMILES string of the molecule is CC[C@H]1[C@@H](O)[C@@H]2[C@H](CC[C@]3(C)[C@@H]([C@H](C)CCCC(=O)CS(=O)(=O)c4ccc(C(=O)OC)cc4)CC[C@@H]23)[C@@]2(C)CC[C@@H](O)C[C@@H]12. The molecule has 0 radical (unpaired) electrons. The van der Waals surface area contributed by atoms with E-state index in [-0.39, 0.29) is 51.6 Å². The van der Waals surface area contributed by atoms with Crippen LogP contribution in [0.4, 0.5) is 0 Å². The zero-order chi connectivity index (χ0) is 32.0. The average molecular weight is 631 g/mol. The first-order valence-electron chi connectivity index (χ1n) is 17.1. The van der Waals surface area contributed by atoms with Crippen molar-refractivity contribution in [2.24, 2.45) is 52.3 Å². The molecule has 5 rings (SSSR count). The van der Waals surface area contributed by atoms with Crippen molar-refractivity contribution in [3.8, 4) is 0 Å². The van der Waals surface area contributed by atoms with E-state index >= 15 is 0 Å². The minimum Gasteiger partial charge on any atom is -0.465 e. The maximum atomic E-state index is 12.8. The molecule has 0 bridgehead atoms. The van der Waals surface area contributed by atoms with Crippen molar-refractivity contribution in [3.05, 3.63) is 29.8 Å². The maximum absolute atomic E-state index is 12.8. The Hall–Kier alpha value is -1.77. The Morgan fingerprint density at radius 1 is 0.977 bits per heavy atom. The topological polar surface area (TPSA) is 118 Å². The number of aliphatic hydroxyl groups excluding tert-OH is 2. The molecule has 0 heterocycles. The third-order valence-electron chi connectivity index (χ3n) is 13.3. The average Bonchev–Trinajstić information content (AvgIpc) is 3.34. The van der Waals surface area contributed by atoms with Crippen LogP contribution in [0.5, 0.6) is 0 Å². The summed E-state index contributed by atoms with van der Waals surface area (Å²) in [7, 11) is -2.51. The van der Waals surface area contributed by atoms with Gasteiger partial charge < -0.3 is 14.9 Å². The molecule has 4 aliphatic rings. The van der Waals surface area contributed by atoms with Gasteiger partial charge in [0.15, 0.2) is 9.84 Å². The minimum absolute atomic E-state index is 0.0344. The van der Waals surface area contributed by atoms with Gasteiger partial charge in [-0.3, -0.25) is 4.79 Å². The van der Waals surface area contributed by atoms with Crippen molar-refractivity contribution in [2.45, 2.75) is 115 Å². The number of carbonyl (C=O) groups is 2. The molecule has 7 nitrogen and oxygen atoms in total. The molecule has 1 aromatic carbocycles. The molecule has 0 saturated heterocycles. The summed E-state index contributed by atoms with van der Waals surface area (Å²) in [5.74, 6) is 1.60. The number of ketones is 1. The van der Waals surface area contributed by atoms with E-state index in [9.17, 15) is 28.2 Å². The van der Waals surface area contributed by atoms with Crippen LogP contribution in [0.3, 0.4) is 0 Å². The van der Waals surface area contributed by atoms with Gasteiger partial charge in [-0.15, -0.1) is 0 Å². The summed E-state index contributed by atoms with van der Waals surface area (Å²) in [6, 6.07) is 5.52. The second-order valence-electron chi connectivity index (χ2n) is 15.3. The number of carbonyl (C=O) groups excluding carboxylic acids is 2. The minimum atomic E-state index is -3.78. The Morgan fingerprint density at radius 2 is 1.64 bits per heavy atom. The zero-order valence-electron chi connectivity index (χ0n) is 27.3. The number of Topliss-reactive ketones (excluding diaryl/α,β-unsaturated/α-hetero) is 1. The Balaban J connectivity index is 1.19. The van der Waals surface area contributed by atoms with Gasteiger partial charge in [-0.25, -0.2) is 13.2 Å². The van der Waals surface area contributed by atoms with Gasteiger partial charge in [0.2, 0.25) is 0 Å². The summed E-state index contributed by atoms with van der Waals surface area (Å²) in [6.45, 7) is 9.46. The number of fused-ring (bicyclic) bond motifs is 5. The predicted molar refractivity (Wildman–Crippen MR) is 170 cm³/mol. The lowest BCUT2D eigenvalue weighted by Gasteiger charge is -2.64. The van der Waals surface area contributed by atoms with Gasteiger partial charge in [0.05, 0.1) is 29.8 Å². The molecular formula is C36H54O7S. The summed E-state index contributed by atoms with van der Waals surface area (Å²) in [5.41, 5.74) is 0.623. The molecule has 8 heteroatoms. The zero-order valence-corrected chi connectivity index (χ0v) is 28.2. The summed E-state index contributed by atoms with van der Waals surface area (Å²) >= 11 is 0. The largest absolute Gasteiger partial charge is 0.465 e. The Bertz CT molecular complexity index is 1310. The molecule has 11 atom stereocenters. The quantitative estimate of drug-likeness (QED) is 0.294. The van der Waals surface area contributed by atoms with Crippen molar-refractivity contribution in [3.63, 3.8) is 0 Å². The third kappa shape index (κ3) is 5.92. The molecular weight excluding hydrogens is 576 g/mol. The van der Waals surface area contributed by atoms with Crippen LogP contribution in [0, 0.1) is 52.3 Å². The maximum Gasteiger partial charge on any atom is 0.337 e. The van der Waals surface area contributed by atoms with E-state index in [1.807, 2.05) is 0 Å². The monoisotopic (exact) mass is 630 g/mol. The molecule has 4 aliphatic carbocycles. The summed E-state index contributed by atoms with van der Waals surface area (Å²) in [4.78, 5) is 24.5. The molecule has 0 amide bonds. The third-order valence-corrected chi connectivity index (χ3v) is 14.9. The smallest absolute Gasteiger partial charge is 0.337 e. The standard InChI is InChI=1S/C36H54O7S/c1-6-27-31-20-24(37)16-18-36(31,4)30-17-19-35(3)28(14-15-29(35)32(30)33(27)39)22(2)8-7-9-25(38)21-44(41,42)26-12-10-23(11-13-26)34(40)43-5/h10-13,22,24,27-33,37,39H,6-9,14-21H2,1-5H3/t22-,24-,27-,28-,29+,30+,31+,32+,33-,35-,36-/m1/s1. The fraction of sp³-hybridized carbons (Fsp3) is 0.778. The molecule has 4 saturated carbocycles. The van der Waals surface area contributed by atoms with Gasteiger partial charge in [0.25, 0.3) is 0 Å². The van der Waals surface area contributed by atoms with Crippen molar-refractivity contribution < 1.29 is 33.0 Å². The molecule has 0 aromatic heterocycles. The van der Waals surface area contributed by atoms with Crippen molar-refractivity contribution in [2.75, 3.05) is 12.9 Å². The van der Waals surface area contributed by atoms with Gasteiger partial charge in [-0.1, -0.05) is 40.5 Å². The second kappa shape index (κ2) is 12.8. The first-order chi connectivity index (χ1) is 20.8. The van der Waals surface area contributed by atoms with E-state index in [1.165, 1.54) is 37.8 Å². The highest BCUT2D eigenvalue weighted by Crippen LogP contribution is 2.69. The van der Waals surface area contributed by atoms with Gasteiger partial charge in [-0.2, -0.15) is 0 Å². The summed E-state index contributed by atoms with van der Waals surface area (Å²) in [5, 5.41) is 22.5. The lowest BCUT2D eigenvalue weighted by molar-refractivity contribution is -0.203. The highest BCUT2D eigenvalue weighted by Gasteiger charge is 2.64. The van der Waals surface area contributed by atoms with Crippen LogP contribution >= 0.6 is 0 Å². The van der Waals surface area contributed by atoms with E-state index < -0.39 is 21.6 Å². The van der Waals surface area contributed by atoms with Crippen molar-refractivity contribution in [1.29, 1.82) is 0 Å². The van der Waals surface area contributed by atoms with E-state index in [0.717, 1.165) is 51.4 Å². The van der Waals surface area contributed by atoms with E-state index in [0.29, 0.717) is 41.9 Å². The number of methoxy groups -OCH3 is 1. The van der Waals surface area contributed by atoms with Gasteiger partial charge in [0, 0.05) is 6.42 Å². The first kappa shape index (κ1) is 33.6. The van der Waals surface area contributed by atoms with Crippen molar-refractivity contribution in [1.82, 2.24) is 0 Å². The van der Waals surface area contributed by atoms with Crippen LogP contribution in [0.2, 0.25) is 0 Å². The van der Waals surface area contributed by atoms with Gasteiger partial charge in [0.1, 0.15) is 11.5 Å². The molecule has 4 fully saturated rings. The van der Waals surface area contributed by atoms with Crippen LogP contribution in [0.1, 0.15) is 109 Å². The number of sulfone groups is 1. The van der Waals surface area contributed by atoms with Crippen LogP contribution in [-0.4, -0.2) is 55.5 Å². The Labute approximate surface area is 264 Å². The van der Waals surface area contributed by atoms with Gasteiger partial charge in [-0.05, 0) is 128 Å². The highest BCUT2D eigenvalue weighted by atomic mass is 32.2. The van der Waals surface area contributed by atoms with E-state index in [2.05, 4.69) is 32.4 Å². The number of esters is 1. The van der Waals surface area contributed by atoms with Crippen molar-refractivity contribution >= 4 is 21.6 Å². The van der Waals surface area contributed by atoms with Gasteiger partial charge >= 0.3 is 5.97 Å². The second-order valence-corrected chi connectivity index (χ2v) is 17.3. The molecule has 246 valence electrons. The fourth-order valence-electron chi connectivity index (χ4n) is 11.0. The van der Waals surface area contributed by atoms with E-state index in [1.54, 1.807) is 0 Å². The normalized spacial score (nSPS) is 39.1. The number of ether oxygens (including phenoxy) is 1. The molecule has 0 unspecified atom stereocenters. The number of hydrogen-bond donors (Lipinski definition) is 2. The first-order valence-corrected chi connectivity index (χ1v) is 18.7. The summed E-state index contributed by atoms with van der Waals surface area (Å²) in [6.07, 6.45) is 9.62. The molecule has 0 aliphatic heterocycles. The highest BCUT2D eigenvalue weighted by molar-refractivity contribution is 7.92. The van der Waals surface area contributed by atoms with Crippen LogP contribution in [-0.2, 0) is 19.4 Å². The number of benzene rings is 1. The number of aliphatic hydroxyl groups is 2. The fourth-order valence-corrected chi connectivity index (χ4v) is 12.3. The Morgan fingerprint density at radius 3 is 2.30 bits per heavy atom. The number of rotatable bonds is 10. The Kier molecular flexibility index (Phi) is 9.76. The lowest BCUT2D eigenvalue weighted by Crippen LogP contribution is -2.62. The predicted octanol–water partition coefficient (Wildman–Crippen LogP) is 6.25. The number of hydrogen-bond acceptors (Lipinski definition) is 7. The lowest BCUT2D eigenvalue weighted by atomic mass is 9.41.